The molecule has 0 saturated heterocycles. The number of carbonyl (C=O) groups is 1. The van der Waals surface area contributed by atoms with Crippen molar-refractivity contribution in [1.82, 2.24) is 25.3 Å². The van der Waals surface area contributed by atoms with Gasteiger partial charge in [-0.2, -0.15) is 0 Å². The molecule has 1 atom stereocenters. The Balaban J connectivity index is 1.61. The maximum Gasteiger partial charge on any atom is 0.408 e. The van der Waals surface area contributed by atoms with Crippen LogP contribution in [-0.4, -0.2) is 52.6 Å². The number of amides is 1. The fraction of sp³-hybridized carbons (Fsp3) is 0.484. The summed E-state index contributed by atoms with van der Waals surface area (Å²) in [5, 5.41) is 9.94. The lowest BCUT2D eigenvalue weighted by Crippen LogP contribution is -2.44. The van der Waals surface area contributed by atoms with Crippen LogP contribution in [0.15, 0.2) is 42.2 Å². The van der Waals surface area contributed by atoms with Gasteiger partial charge in [-0.3, -0.25) is 0 Å². The summed E-state index contributed by atoms with van der Waals surface area (Å²) >= 11 is 1.60. The summed E-state index contributed by atoms with van der Waals surface area (Å²) < 4.78 is 13.2. The van der Waals surface area contributed by atoms with Gasteiger partial charge in [0.15, 0.2) is 8.32 Å². The zero-order valence-corrected chi connectivity index (χ0v) is 28.7. The van der Waals surface area contributed by atoms with Crippen LogP contribution in [0.5, 0.6) is 0 Å². The lowest BCUT2D eigenvalue weighted by Gasteiger charge is -2.37. The van der Waals surface area contributed by atoms with Gasteiger partial charge in [0, 0.05) is 35.2 Å². The Kier molecular flexibility index (Phi) is 9.53. The number of imidazole rings is 1. The van der Waals surface area contributed by atoms with Crippen molar-refractivity contribution in [3.63, 3.8) is 0 Å². The van der Waals surface area contributed by atoms with Crippen LogP contribution in [0.1, 0.15) is 67.3 Å². The number of nitrogens with zero attached hydrogens (tertiary/aromatic N) is 3. The number of hydrogen-bond donors (Lipinski definition) is 4. The Hall–Kier alpha value is -3.48. The molecular formula is C31H45N7O3SSi. The fourth-order valence-electron chi connectivity index (χ4n) is 4.05. The van der Waals surface area contributed by atoms with Gasteiger partial charge in [0.05, 0.1) is 34.2 Å². The Morgan fingerprint density at radius 1 is 1.05 bits per heavy atom. The van der Waals surface area contributed by atoms with E-state index >= 15 is 0 Å². The maximum atomic E-state index is 12.8. The summed E-state index contributed by atoms with van der Waals surface area (Å²) in [5.74, 6) is 1.29. The summed E-state index contributed by atoms with van der Waals surface area (Å²) in [6.07, 6.45) is 3.06. The minimum Gasteiger partial charge on any atom is -0.444 e. The molecular weight excluding hydrogens is 579 g/mol. The zero-order valence-electron chi connectivity index (χ0n) is 26.9. The predicted molar refractivity (Wildman–Crippen MR) is 179 cm³/mol. The van der Waals surface area contributed by atoms with E-state index in [9.17, 15) is 4.79 Å². The highest BCUT2D eigenvalue weighted by atomic mass is 32.1. The topological polar surface area (TPSA) is 126 Å². The normalized spacial score (nSPS) is 13.3. The maximum absolute atomic E-state index is 12.8. The van der Waals surface area contributed by atoms with E-state index in [0.29, 0.717) is 11.6 Å². The van der Waals surface area contributed by atoms with Gasteiger partial charge < -0.3 is 30.1 Å². The molecule has 0 saturated carbocycles. The first kappa shape index (κ1) is 32.4. The van der Waals surface area contributed by atoms with Crippen LogP contribution in [0.3, 0.4) is 0 Å². The van der Waals surface area contributed by atoms with Crippen molar-refractivity contribution in [3.8, 4) is 11.3 Å². The summed E-state index contributed by atoms with van der Waals surface area (Å²) in [6.45, 7) is 20.9. The highest BCUT2D eigenvalue weighted by Crippen LogP contribution is 2.37. The number of thiazole rings is 1. The first-order valence-corrected chi connectivity index (χ1v) is 18.4. The van der Waals surface area contributed by atoms with Gasteiger partial charge >= 0.3 is 6.09 Å². The number of alkyl carbamates (subject to hydrolysis) is 1. The minimum absolute atomic E-state index is 0.0169. The quantitative estimate of drug-likeness (QED) is 0.130. The summed E-state index contributed by atoms with van der Waals surface area (Å²) in [5.41, 5.74) is 5.66. The van der Waals surface area contributed by atoms with Crippen LogP contribution in [0.2, 0.25) is 18.1 Å². The molecule has 0 aliphatic carbocycles. The van der Waals surface area contributed by atoms with E-state index in [1.807, 2.05) is 50.7 Å². The molecule has 0 bridgehead atoms. The molecule has 0 radical (unpaired) electrons. The van der Waals surface area contributed by atoms with Crippen LogP contribution in [-0.2, 0) is 9.16 Å². The van der Waals surface area contributed by atoms with E-state index in [4.69, 9.17) is 14.1 Å². The molecule has 4 aromatic rings. The largest absolute Gasteiger partial charge is 0.444 e. The molecule has 0 spiro atoms. The summed E-state index contributed by atoms with van der Waals surface area (Å²) in [6, 6.07) is 7.71. The van der Waals surface area contributed by atoms with Crippen LogP contribution < -0.4 is 16.0 Å². The number of anilines is 3. The van der Waals surface area contributed by atoms with Crippen molar-refractivity contribution in [2.24, 2.45) is 0 Å². The minimum atomic E-state index is -2.10. The van der Waals surface area contributed by atoms with Gasteiger partial charge in [-0.15, -0.1) is 11.3 Å². The molecule has 43 heavy (non-hydrogen) atoms. The fourth-order valence-corrected chi connectivity index (χ4v) is 5.78. The predicted octanol–water partition coefficient (Wildman–Crippen LogP) is 8.23. The second-order valence-corrected chi connectivity index (χ2v) is 19.2. The lowest BCUT2D eigenvalue weighted by molar-refractivity contribution is 0.0481. The highest BCUT2D eigenvalue weighted by molar-refractivity contribution is 7.16. The third kappa shape index (κ3) is 8.55. The first-order valence-electron chi connectivity index (χ1n) is 14.6. The van der Waals surface area contributed by atoms with E-state index in [0.717, 1.165) is 32.8 Å². The van der Waals surface area contributed by atoms with Crippen molar-refractivity contribution >= 4 is 53.2 Å². The van der Waals surface area contributed by atoms with E-state index in [1.165, 1.54) is 0 Å². The number of carbonyl (C=O) groups excluding carboxylic acids is 1. The SMILES string of the molecule is CC(C)Nc1cc(Nc2ccc3ncsc3c2)ncc1-c1cnc(C(CO[Si](C)(C)C(C)(C)C)NC(=O)OC(C)(C)C)[nH]1. The van der Waals surface area contributed by atoms with Gasteiger partial charge in [0.2, 0.25) is 0 Å². The van der Waals surface area contributed by atoms with Crippen molar-refractivity contribution in [1.29, 1.82) is 0 Å². The molecule has 3 aromatic heterocycles. The molecule has 4 rings (SSSR count). The van der Waals surface area contributed by atoms with Crippen molar-refractivity contribution in [2.45, 2.75) is 91.2 Å². The number of benzene rings is 1. The number of H-pyrrole nitrogens is 1. The molecule has 1 aromatic carbocycles. The molecule has 0 fully saturated rings. The first-order chi connectivity index (χ1) is 20.0. The molecule has 10 nitrogen and oxygen atoms in total. The van der Waals surface area contributed by atoms with Crippen molar-refractivity contribution in [3.05, 3.63) is 48.0 Å². The molecule has 1 unspecified atom stereocenters. The Bertz CT molecular complexity index is 1550. The number of ether oxygens (including phenoxy) is 1. The highest BCUT2D eigenvalue weighted by Gasteiger charge is 2.38. The molecule has 232 valence electrons. The number of fused-ring (bicyclic) bond motifs is 1. The van der Waals surface area contributed by atoms with Crippen molar-refractivity contribution in [2.75, 3.05) is 17.2 Å². The average molecular weight is 624 g/mol. The number of pyridine rings is 1. The number of nitrogens with one attached hydrogen (secondary N) is 4. The Morgan fingerprint density at radius 2 is 1.79 bits per heavy atom. The van der Waals surface area contributed by atoms with Crippen LogP contribution in [0.4, 0.5) is 22.0 Å². The zero-order chi connectivity index (χ0) is 31.6. The van der Waals surface area contributed by atoms with Crippen molar-refractivity contribution < 1.29 is 14.0 Å². The Labute approximate surface area is 259 Å². The summed E-state index contributed by atoms with van der Waals surface area (Å²) in [4.78, 5) is 30.0. The number of rotatable bonds is 10. The van der Waals surface area contributed by atoms with Crippen LogP contribution in [0, 0.1) is 0 Å². The van der Waals surface area contributed by atoms with Gasteiger partial charge in [-0.25, -0.2) is 19.7 Å². The van der Waals surface area contributed by atoms with Gasteiger partial charge in [-0.1, -0.05) is 20.8 Å². The van der Waals surface area contributed by atoms with Gasteiger partial charge in [-0.05, 0) is 71.0 Å². The second-order valence-electron chi connectivity index (χ2n) is 13.5. The standard InChI is InChI=1S/C31H45N7O3SSi/c1-19(2)35-23-14-27(36-20-11-12-22-26(13-20)42-18-34-22)32-15-21(23)24-16-33-28(37-24)25(38-29(39)41-30(3,4)5)17-40-43(9,10)31(6,7)8/h11-16,18-19,25H,17H2,1-10H3,(H,33,37)(H,38,39)(H2,32,35,36). The van der Waals surface area contributed by atoms with E-state index < -0.39 is 26.1 Å². The lowest BCUT2D eigenvalue weighted by atomic mass is 10.1. The Morgan fingerprint density at radius 3 is 2.47 bits per heavy atom. The molecule has 0 aliphatic rings. The molecule has 3 heterocycles. The monoisotopic (exact) mass is 623 g/mol. The number of hydrogen-bond acceptors (Lipinski definition) is 9. The van der Waals surface area contributed by atoms with E-state index in [2.05, 4.69) is 84.7 Å². The third-order valence-electron chi connectivity index (χ3n) is 7.28. The van der Waals surface area contributed by atoms with E-state index in [1.54, 1.807) is 17.5 Å². The number of aromatic amines is 1. The smallest absolute Gasteiger partial charge is 0.408 e. The molecule has 1 amide bonds. The second kappa shape index (κ2) is 12.6. The molecule has 12 heteroatoms. The van der Waals surface area contributed by atoms with E-state index in [-0.39, 0.29) is 17.7 Å². The van der Waals surface area contributed by atoms with Crippen LogP contribution >= 0.6 is 11.3 Å². The summed E-state index contributed by atoms with van der Waals surface area (Å²) in [7, 11) is -2.10. The third-order valence-corrected chi connectivity index (χ3v) is 12.6. The van der Waals surface area contributed by atoms with Crippen LogP contribution in [0.25, 0.3) is 21.5 Å². The number of aromatic nitrogens is 4. The van der Waals surface area contributed by atoms with Gasteiger partial charge in [0.25, 0.3) is 0 Å². The molecule has 4 N–H and O–H groups in total. The average Bonchev–Trinajstić information content (AvgIpc) is 3.54. The van der Waals surface area contributed by atoms with Gasteiger partial charge in [0.1, 0.15) is 23.3 Å². The molecule has 0 aliphatic heterocycles.